The molecule has 1 aromatic carbocycles. The van der Waals surface area contributed by atoms with Crippen molar-refractivity contribution in [3.05, 3.63) is 39.9 Å². The van der Waals surface area contributed by atoms with E-state index < -0.39 is 0 Å². The van der Waals surface area contributed by atoms with E-state index in [0.717, 1.165) is 31.5 Å². The van der Waals surface area contributed by atoms with Gasteiger partial charge in [0, 0.05) is 24.2 Å². The zero-order valence-electron chi connectivity index (χ0n) is 12.8. The highest BCUT2D eigenvalue weighted by atomic mass is 16.6. The molecule has 5 nitrogen and oxygen atoms in total. The number of hydrogen-bond acceptors (Lipinski definition) is 4. The van der Waals surface area contributed by atoms with Gasteiger partial charge in [-0.15, -0.1) is 0 Å². The molecule has 0 radical (unpaired) electrons. The molecule has 116 valence electrons. The maximum Gasteiger partial charge on any atom is 0.273 e. The van der Waals surface area contributed by atoms with E-state index >= 15 is 0 Å². The number of nitrogens with one attached hydrogen (secondary N) is 1. The summed E-state index contributed by atoms with van der Waals surface area (Å²) >= 11 is 0. The standard InChI is InChI=1S/C16H25N3O2/c1-2-3-10-18-11-8-15(9-12-18)17-13-14-6-4-5-7-16(14)19(20)21/h4-7,15,17H,2-3,8-13H2,1H3. The number of nitrogens with zero attached hydrogens (tertiary/aromatic N) is 2. The van der Waals surface area contributed by atoms with Crippen molar-refractivity contribution in [3.63, 3.8) is 0 Å². The summed E-state index contributed by atoms with van der Waals surface area (Å²) < 4.78 is 0. The van der Waals surface area contributed by atoms with Crippen LogP contribution in [0.5, 0.6) is 0 Å². The Morgan fingerprint density at radius 1 is 1.33 bits per heavy atom. The van der Waals surface area contributed by atoms with Crippen molar-refractivity contribution < 1.29 is 4.92 Å². The Hall–Kier alpha value is -1.46. The minimum atomic E-state index is -0.301. The second-order valence-corrected chi connectivity index (χ2v) is 5.74. The number of unbranched alkanes of at least 4 members (excludes halogenated alkanes) is 1. The highest BCUT2D eigenvalue weighted by Gasteiger charge is 2.19. The fourth-order valence-electron chi connectivity index (χ4n) is 2.84. The predicted octanol–water partition coefficient (Wildman–Crippen LogP) is 2.95. The van der Waals surface area contributed by atoms with Crippen molar-refractivity contribution in [2.45, 2.75) is 45.2 Å². The molecule has 21 heavy (non-hydrogen) atoms. The summed E-state index contributed by atoms with van der Waals surface area (Å²) in [6, 6.07) is 7.46. The molecule has 0 amide bonds. The lowest BCUT2D eigenvalue weighted by Gasteiger charge is -2.32. The van der Waals surface area contributed by atoms with Gasteiger partial charge in [-0.05, 0) is 38.9 Å². The molecule has 1 saturated heterocycles. The molecule has 0 spiro atoms. The molecule has 1 aliphatic rings. The number of para-hydroxylation sites is 1. The van der Waals surface area contributed by atoms with Gasteiger partial charge in [0.15, 0.2) is 0 Å². The summed E-state index contributed by atoms with van der Waals surface area (Å²) in [4.78, 5) is 13.2. The molecule has 1 aliphatic heterocycles. The normalized spacial score (nSPS) is 17.0. The Balaban J connectivity index is 1.79. The summed E-state index contributed by atoms with van der Waals surface area (Å²) in [5.74, 6) is 0. The molecule has 1 fully saturated rings. The van der Waals surface area contributed by atoms with Gasteiger partial charge in [-0.1, -0.05) is 31.5 Å². The number of hydrogen-bond donors (Lipinski definition) is 1. The third kappa shape index (κ3) is 4.79. The van der Waals surface area contributed by atoms with Crippen LogP contribution in [0, 0.1) is 10.1 Å². The molecule has 1 N–H and O–H groups in total. The van der Waals surface area contributed by atoms with Crippen LogP contribution in [0.25, 0.3) is 0 Å². The average molecular weight is 291 g/mol. The van der Waals surface area contributed by atoms with Crippen molar-refractivity contribution in [2.24, 2.45) is 0 Å². The minimum Gasteiger partial charge on any atom is -0.310 e. The summed E-state index contributed by atoms with van der Waals surface area (Å²) in [7, 11) is 0. The average Bonchev–Trinajstić information content (AvgIpc) is 2.52. The van der Waals surface area contributed by atoms with E-state index in [9.17, 15) is 10.1 Å². The van der Waals surface area contributed by atoms with E-state index in [2.05, 4.69) is 17.1 Å². The van der Waals surface area contributed by atoms with Gasteiger partial charge in [-0.2, -0.15) is 0 Å². The highest BCUT2D eigenvalue weighted by molar-refractivity contribution is 5.39. The number of benzene rings is 1. The van der Waals surface area contributed by atoms with Gasteiger partial charge in [-0.3, -0.25) is 10.1 Å². The lowest BCUT2D eigenvalue weighted by atomic mass is 10.0. The first-order valence-electron chi connectivity index (χ1n) is 7.88. The summed E-state index contributed by atoms with van der Waals surface area (Å²) in [6.45, 7) is 6.27. The second kappa shape index (κ2) is 8.10. The molecule has 0 bridgehead atoms. The van der Waals surface area contributed by atoms with Crippen LogP contribution < -0.4 is 5.32 Å². The van der Waals surface area contributed by atoms with Crippen LogP contribution in [-0.2, 0) is 6.54 Å². The van der Waals surface area contributed by atoms with Crippen LogP contribution in [-0.4, -0.2) is 35.5 Å². The Morgan fingerprint density at radius 2 is 2.05 bits per heavy atom. The zero-order valence-corrected chi connectivity index (χ0v) is 12.8. The smallest absolute Gasteiger partial charge is 0.273 e. The molecule has 0 unspecified atom stereocenters. The van der Waals surface area contributed by atoms with Gasteiger partial charge in [0.1, 0.15) is 0 Å². The van der Waals surface area contributed by atoms with E-state index in [4.69, 9.17) is 0 Å². The Bertz CT molecular complexity index is 457. The number of nitro benzene ring substituents is 1. The number of nitro groups is 1. The number of rotatable bonds is 7. The summed E-state index contributed by atoms with van der Waals surface area (Å²) in [6.07, 6.45) is 4.78. The molecule has 1 heterocycles. The van der Waals surface area contributed by atoms with Gasteiger partial charge in [0.2, 0.25) is 0 Å². The van der Waals surface area contributed by atoms with Crippen molar-refractivity contribution in [1.29, 1.82) is 0 Å². The molecule has 0 aromatic heterocycles. The van der Waals surface area contributed by atoms with E-state index in [1.807, 2.05) is 12.1 Å². The third-order valence-electron chi connectivity index (χ3n) is 4.18. The van der Waals surface area contributed by atoms with Gasteiger partial charge < -0.3 is 10.2 Å². The van der Waals surface area contributed by atoms with Crippen LogP contribution in [0.4, 0.5) is 5.69 Å². The maximum absolute atomic E-state index is 11.0. The van der Waals surface area contributed by atoms with Crippen molar-refractivity contribution in [2.75, 3.05) is 19.6 Å². The molecule has 0 atom stereocenters. The predicted molar refractivity (Wildman–Crippen MR) is 84.3 cm³/mol. The first-order valence-corrected chi connectivity index (χ1v) is 7.88. The van der Waals surface area contributed by atoms with Gasteiger partial charge in [-0.25, -0.2) is 0 Å². The van der Waals surface area contributed by atoms with Crippen molar-refractivity contribution >= 4 is 5.69 Å². The largest absolute Gasteiger partial charge is 0.310 e. The van der Waals surface area contributed by atoms with Crippen molar-refractivity contribution in [3.8, 4) is 0 Å². The quantitative estimate of drug-likeness (QED) is 0.620. The molecular weight excluding hydrogens is 266 g/mol. The van der Waals surface area contributed by atoms with Gasteiger partial charge in [0.05, 0.1) is 4.92 Å². The maximum atomic E-state index is 11.0. The lowest BCUT2D eigenvalue weighted by molar-refractivity contribution is -0.385. The topological polar surface area (TPSA) is 58.4 Å². The monoisotopic (exact) mass is 291 g/mol. The highest BCUT2D eigenvalue weighted by Crippen LogP contribution is 2.18. The zero-order chi connectivity index (χ0) is 15.1. The molecule has 0 aliphatic carbocycles. The Morgan fingerprint density at radius 3 is 2.71 bits per heavy atom. The summed E-state index contributed by atoms with van der Waals surface area (Å²) in [5.41, 5.74) is 0.987. The fraction of sp³-hybridized carbons (Fsp3) is 0.625. The molecular formula is C16H25N3O2. The lowest BCUT2D eigenvalue weighted by Crippen LogP contribution is -2.42. The Kier molecular flexibility index (Phi) is 6.14. The first-order chi connectivity index (χ1) is 10.2. The SMILES string of the molecule is CCCCN1CCC(NCc2ccccc2[N+](=O)[O-])CC1. The Labute approximate surface area is 126 Å². The van der Waals surface area contributed by atoms with Gasteiger partial charge >= 0.3 is 0 Å². The van der Waals surface area contributed by atoms with Gasteiger partial charge in [0.25, 0.3) is 5.69 Å². The van der Waals surface area contributed by atoms with E-state index in [1.165, 1.54) is 19.4 Å². The first kappa shape index (κ1) is 15.9. The van der Waals surface area contributed by atoms with Crippen LogP contribution >= 0.6 is 0 Å². The molecule has 1 aromatic rings. The molecule has 0 saturated carbocycles. The number of piperidine rings is 1. The van der Waals surface area contributed by atoms with E-state index in [-0.39, 0.29) is 10.6 Å². The van der Waals surface area contributed by atoms with Crippen LogP contribution in [0.2, 0.25) is 0 Å². The van der Waals surface area contributed by atoms with Crippen LogP contribution in [0.15, 0.2) is 24.3 Å². The number of likely N-dealkylation sites (tertiary alicyclic amines) is 1. The molecule has 5 heteroatoms. The van der Waals surface area contributed by atoms with E-state index in [1.54, 1.807) is 12.1 Å². The van der Waals surface area contributed by atoms with Crippen molar-refractivity contribution in [1.82, 2.24) is 10.2 Å². The minimum absolute atomic E-state index is 0.213. The molecule has 2 rings (SSSR count). The van der Waals surface area contributed by atoms with Crippen LogP contribution in [0.3, 0.4) is 0 Å². The van der Waals surface area contributed by atoms with E-state index in [0.29, 0.717) is 12.6 Å². The third-order valence-corrected chi connectivity index (χ3v) is 4.18. The van der Waals surface area contributed by atoms with Crippen LogP contribution in [0.1, 0.15) is 38.2 Å². The summed E-state index contributed by atoms with van der Waals surface area (Å²) in [5, 5.41) is 14.5. The second-order valence-electron chi connectivity index (χ2n) is 5.74. The fourth-order valence-corrected chi connectivity index (χ4v) is 2.84.